The number of rotatable bonds is 3. The molecule has 1 aliphatic heterocycles. The van der Waals surface area contributed by atoms with Gasteiger partial charge in [-0.15, -0.1) is 0 Å². The molecule has 110 valence electrons. The quantitative estimate of drug-likeness (QED) is 0.845. The molecular formula is C17H25NO2. The summed E-state index contributed by atoms with van der Waals surface area (Å²) in [6.07, 6.45) is 6.61. The zero-order chi connectivity index (χ0) is 14.2. The van der Waals surface area contributed by atoms with Crippen LogP contribution >= 0.6 is 0 Å². The van der Waals surface area contributed by atoms with E-state index in [1.807, 2.05) is 0 Å². The van der Waals surface area contributed by atoms with Gasteiger partial charge in [-0.25, -0.2) is 0 Å². The predicted molar refractivity (Wildman–Crippen MR) is 80.7 cm³/mol. The molecule has 20 heavy (non-hydrogen) atoms. The maximum atomic E-state index is 5.50. The van der Waals surface area contributed by atoms with Crippen LogP contribution in [0.2, 0.25) is 0 Å². The maximum Gasteiger partial charge on any atom is 0.161 e. The molecule has 0 aromatic heterocycles. The zero-order valence-corrected chi connectivity index (χ0v) is 12.8. The standard InChI is InChI=1S/C17H25NO2/c1-18-11-10-17(9-5-4-6-16(17)18)13-7-8-14(19-2)15(12-13)20-3/h7-8,12,16H,4-6,9-11H2,1-3H3/t16-,17-/m1/s1. The van der Waals surface area contributed by atoms with E-state index in [1.54, 1.807) is 14.2 Å². The van der Waals surface area contributed by atoms with Crippen LogP contribution in [0.5, 0.6) is 11.5 Å². The molecule has 0 unspecified atom stereocenters. The minimum atomic E-state index is 0.326. The van der Waals surface area contributed by atoms with E-state index in [1.165, 1.54) is 44.2 Å². The third-order valence-electron chi connectivity index (χ3n) is 5.39. The van der Waals surface area contributed by atoms with E-state index in [-0.39, 0.29) is 0 Å². The van der Waals surface area contributed by atoms with E-state index in [0.29, 0.717) is 11.5 Å². The molecule has 1 saturated heterocycles. The van der Waals surface area contributed by atoms with Crippen molar-refractivity contribution in [1.82, 2.24) is 4.90 Å². The lowest BCUT2D eigenvalue weighted by Crippen LogP contribution is -2.43. The first-order chi connectivity index (χ1) is 9.71. The smallest absolute Gasteiger partial charge is 0.161 e. The van der Waals surface area contributed by atoms with Crippen LogP contribution in [0.1, 0.15) is 37.7 Å². The second-order valence-electron chi connectivity index (χ2n) is 6.22. The van der Waals surface area contributed by atoms with Crippen molar-refractivity contribution in [2.75, 3.05) is 27.8 Å². The van der Waals surface area contributed by atoms with Gasteiger partial charge in [-0.2, -0.15) is 0 Å². The molecule has 0 bridgehead atoms. The largest absolute Gasteiger partial charge is 0.493 e. The molecule has 2 fully saturated rings. The summed E-state index contributed by atoms with van der Waals surface area (Å²) in [5.74, 6) is 1.68. The van der Waals surface area contributed by atoms with Crippen molar-refractivity contribution in [1.29, 1.82) is 0 Å². The van der Waals surface area contributed by atoms with Crippen molar-refractivity contribution < 1.29 is 9.47 Å². The molecule has 1 aliphatic carbocycles. The number of hydrogen-bond acceptors (Lipinski definition) is 3. The minimum absolute atomic E-state index is 0.326. The predicted octanol–water partition coefficient (Wildman–Crippen LogP) is 3.22. The van der Waals surface area contributed by atoms with Crippen molar-refractivity contribution in [2.24, 2.45) is 0 Å². The van der Waals surface area contributed by atoms with Crippen LogP contribution in [0.3, 0.4) is 0 Å². The minimum Gasteiger partial charge on any atom is -0.493 e. The third-order valence-corrected chi connectivity index (χ3v) is 5.39. The number of ether oxygens (including phenoxy) is 2. The fourth-order valence-corrected chi connectivity index (χ4v) is 4.31. The number of nitrogens with zero attached hydrogens (tertiary/aromatic N) is 1. The van der Waals surface area contributed by atoms with Gasteiger partial charge in [0.05, 0.1) is 14.2 Å². The van der Waals surface area contributed by atoms with Gasteiger partial charge in [0, 0.05) is 11.5 Å². The molecule has 1 saturated carbocycles. The van der Waals surface area contributed by atoms with Crippen LogP contribution in [-0.2, 0) is 5.41 Å². The average molecular weight is 275 g/mol. The molecule has 2 aliphatic rings. The zero-order valence-electron chi connectivity index (χ0n) is 12.8. The van der Waals surface area contributed by atoms with Gasteiger partial charge in [0.1, 0.15) is 0 Å². The highest BCUT2D eigenvalue weighted by atomic mass is 16.5. The van der Waals surface area contributed by atoms with Crippen LogP contribution < -0.4 is 9.47 Å². The Labute approximate surface area is 121 Å². The summed E-state index contributed by atoms with van der Waals surface area (Å²) in [5.41, 5.74) is 1.76. The Morgan fingerprint density at radius 1 is 1.10 bits per heavy atom. The summed E-state index contributed by atoms with van der Waals surface area (Å²) in [5, 5.41) is 0. The van der Waals surface area contributed by atoms with Crippen LogP contribution in [-0.4, -0.2) is 38.8 Å². The van der Waals surface area contributed by atoms with E-state index in [4.69, 9.17) is 9.47 Å². The van der Waals surface area contributed by atoms with Crippen molar-refractivity contribution in [2.45, 2.75) is 43.6 Å². The highest BCUT2D eigenvalue weighted by Crippen LogP contribution is 2.49. The van der Waals surface area contributed by atoms with Gasteiger partial charge in [0.2, 0.25) is 0 Å². The van der Waals surface area contributed by atoms with Crippen molar-refractivity contribution in [3.63, 3.8) is 0 Å². The lowest BCUT2D eigenvalue weighted by Gasteiger charge is -2.42. The topological polar surface area (TPSA) is 21.7 Å². The number of fused-ring (bicyclic) bond motifs is 1. The summed E-state index contributed by atoms with van der Waals surface area (Å²) in [6.45, 7) is 1.21. The molecule has 1 aromatic carbocycles. The van der Waals surface area contributed by atoms with Gasteiger partial charge in [-0.3, -0.25) is 0 Å². The molecule has 0 amide bonds. The van der Waals surface area contributed by atoms with Gasteiger partial charge < -0.3 is 14.4 Å². The molecule has 1 aromatic rings. The molecule has 0 spiro atoms. The van der Waals surface area contributed by atoms with E-state index >= 15 is 0 Å². The third kappa shape index (κ3) is 1.99. The Kier molecular flexibility index (Phi) is 3.63. The summed E-state index contributed by atoms with van der Waals surface area (Å²) in [4.78, 5) is 2.55. The number of likely N-dealkylation sites (N-methyl/N-ethyl adjacent to an activating group) is 1. The monoisotopic (exact) mass is 275 g/mol. The Morgan fingerprint density at radius 2 is 1.90 bits per heavy atom. The average Bonchev–Trinajstić information content (AvgIpc) is 2.85. The molecular weight excluding hydrogens is 250 g/mol. The molecule has 3 rings (SSSR count). The second kappa shape index (κ2) is 5.28. The van der Waals surface area contributed by atoms with Gasteiger partial charge in [0.25, 0.3) is 0 Å². The molecule has 1 heterocycles. The Hall–Kier alpha value is -1.22. The highest BCUT2D eigenvalue weighted by molar-refractivity contribution is 5.46. The highest BCUT2D eigenvalue weighted by Gasteiger charge is 2.48. The SMILES string of the molecule is COc1ccc([C@]23CCCC[C@H]2N(C)CC3)cc1OC. The summed E-state index contributed by atoms with van der Waals surface area (Å²) >= 11 is 0. The maximum absolute atomic E-state index is 5.50. The summed E-state index contributed by atoms with van der Waals surface area (Å²) in [7, 11) is 5.69. The molecule has 0 radical (unpaired) electrons. The van der Waals surface area contributed by atoms with E-state index in [9.17, 15) is 0 Å². The van der Waals surface area contributed by atoms with Crippen LogP contribution in [0.4, 0.5) is 0 Å². The molecule has 3 nitrogen and oxygen atoms in total. The molecule has 2 atom stereocenters. The van der Waals surface area contributed by atoms with E-state index in [2.05, 4.69) is 30.1 Å². The van der Waals surface area contributed by atoms with Gasteiger partial charge >= 0.3 is 0 Å². The second-order valence-corrected chi connectivity index (χ2v) is 6.22. The van der Waals surface area contributed by atoms with Crippen LogP contribution in [0, 0.1) is 0 Å². The van der Waals surface area contributed by atoms with E-state index in [0.717, 1.165) is 11.5 Å². The van der Waals surface area contributed by atoms with Crippen LogP contribution in [0.15, 0.2) is 18.2 Å². The number of methoxy groups -OCH3 is 2. The van der Waals surface area contributed by atoms with Crippen molar-refractivity contribution in [3.8, 4) is 11.5 Å². The Morgan fingerprint density at radius 3 is 2.65 bits per heavy atom. The lowest BCUT2D eigenvalue weighted by atomic mass is 9.66. The first-order valence-corrected chi connectivity index (χ1v) is 7.64. The number of benzene rings is 1. The Bertz CT molecular complexity index is 484. The lowest BCUT2D eigenvalue weighted by molar-refractivity contribution is 0.181. The summed E-state index contributed by atoms with van der Waals surface area (Å²) < 4.78 is 10.9. The first-order valence-electron chi connectivity index (χ1n) is 7.64. The van der Waals surface area contributed by atoms with Gasteiger partial charge in [-0.1, -0.05) is 18.9 Å². The number of likely N-dealkylation sites (tertiary alicyclic amines) is 1. The van der Waals surface area contributed by atoms with Gasteiger partial charge in [0.15, 0.2) is 11.5 Å². The first kappa shape index (κ1) is 13.7. The number of hydrogen-bond donors (Lipinski definition) is 0. The van der Waals surface area contributed by atoms with Gasteiger partial charge in [-0.05, 0) is 50.6 Å². The fourth-order valence-electron chi connectivity index (χ4n) is 4.31. The van der Waals surface area contributed by atoms with E-state index < -0.39 is 0 Å². The van der Waals surface area contributed by atoms with Crippen molar-refractivity contribution >= 4 is 0 Å². The fraction of sp³-hybridized carbons (Fsp3) is 0.647. The normalized spacial score (nSPS) is 30.1. The molecule has 3 heteroatoms. The van der Waals surface area contributed by atoms with Crippen LogP contribution in [0.25, 0.3) is 0 Å². The Balaban J connectivity index is 2.02. The van der Waals surface area contributed by atoms with Crippen molar-refractivity contribution in [3.05, 3.63) is 23.8 Å². The summed E-state index contributed by atoms with van der Waals surface area (Å²) in [6, 6.07) is 7.21. The molecule has 0 N–H and O–H groups in total.